The Morgan fingerprint density at radius 3 is 2.17 bits per heavy atom. The molecule has 2 atom stereocenters. The van der Waals surface area contributed by atoms with Crippen LogP contribution in [0, 0.1) is 22.2 Å². The van der Waals surface area contributed by atoms with Crippen LogP contribution in [0.25, 0.3) is 0 Å². The molecule has 92 heavy (non-hydrogen) atoms. The molecular weight excluding hydrogens is 1240 g/mol. The molecule has 5 N–H and O–H groups in total. The Kier molecular flexibility index (Phi) is 19.5. The van der Waals surface area contributed by atoms with Crippen LogP contribution in [0.15, 0.2) is 117 Å². The number of benzene rings is 4. The summed E-state index contributed by atoms with van der Waals surface area (Å²) in [5.41, 5.74) is 0.0467. The number of rotatable bonds is 25. The van der Waals surface area contributed by atoms with Crippen molar-refractivity contribution in [3.8, 4) is 0 Å². The molecule has 0 radical (unpaired) electrons. The number of piperidine rings is 2. The second kappa shape index (κ2) is 26.9. The Morgan fingerprint density at radius 1 is 0.783 bits per heavy atom. The zero-order valence-corrected chi connectivity index (χ0v) is 54.7. The molecule has 12 rings (SSSR count). The summed E-state index contributed by atoms with van der Waals surface area (Å²) < 4.78 is 99.9. The molecule has 1 unspecified atom stereocenters. The quantitative estimate of drug-likeness (QED) is 0.0180. The van der Waals surface area contributed by atoms with E-state index in [4.69, 9.17) is 0 Å². The van der Waals surface area contributed by atoms with Crippen LogP contribution in [0.5, 0.6) is 0 Å². The highest BCUT2D eigenvalue weighted by Crippen LogP contribution is 2.79. The number of unbranched alkanes of at least 4 members (excludes halogenated alkanes) is 1. The largest absolute Gasteiger partial charge is 0.501 e. The van der Waals surface area contributed by atoms with Crippen LogP contribution in [0.4, 0.5) is 30.2 Å². The summed E-state index contributed by atoms with van der Waals surface area (Å²) in [6, 6.07) is 21.2. The lowest BCUT2D eigenvalue weighted by atomic mass is 9.31. The SMILES string of the molecule is CCC12CC(C3=C(CN4CCN(c5ccc(C(=O)NS(=O)(=O)c6ccc(N[C@H](CCN7CCC(C(=O)NCCCCNc8cccc9c8C(=O)N(C8CCC(=O)NC8=O)C9=O)CC7)CSc7ccccc7)c(S(=O)(=O)C(F)(F)F)c6)cc5)CC4)CCC(C)(C)C3)(C1)C2. The normalized spacial score (nSPS) is 23.3. The number of nitrogens with zero attached hydrogens (tertiary/aromatic N) is 4. The van der Waals surface area contributed by atoms with Gasteiger partial charge in [-0.3, -0.25) is 43.9 Å². The van der Waals surface area contributed by atoms with E-state index >= 15 is 0 Å². The maximum atomic E-state index is 14.5. The minimum atomic E-state index is -6.16. The standard InChI is InChI=1S/C67H82F3N9O10S3/c1-4-65-41-66(42-65,43-65)52-38-64(2,3)27-23-46(52)39-77-33-35-78(36-34-77)48-17-15-44(16-18-48)60(82)75-92(88,89)50-19-20-53(56(37-50)91(86,87)67(68,69)70)73-47(40-90-49-11-6-5-7-12-49)26-32-76-30-24-45(25-31-76)59(81)72-29-9-8-28-71-54-14-10-13-51-58(54)63(85)79(62(51)84)55-21-22-57(80)74-61(55)83/h5-7,10-20,37,45,47,55,71,73H,4,8-9,21-36,38-43H2,1-3H3,(H,72,81)(H,75,82)(H,74,80,83)/t47-,55?,65?,66?/m1/s1. The molecule has 3 saturated heterocycles. The topological polar surface area (TPSA) is 244 Å². The highest BCUT2D eigenvalue weighted by molar-refractivity contribution is 7.99. The third-order valence-electron chi connectivity index (χ3n) is 20.1. The molecule has 6 fully saturated rings. The zero-order valence-electron chi connectivity index (χ0n) is 52.3. The Bertz CT molecular complexity index is 3740. The summed E-state index contributed by atoms with van der Waals surface area (Å²) in [6.07, 6.45) is 11.5. The van der Waals surface area contributed by atoms with Gasteiger partial charge in [0.1, 0.15) is 10.9 Å². The average molecular weight is 1330 g/mol. The van der Waals surface area contributed by atoms with Crippen molar-refractivity contribution >= 4 is 84.1 Å². The first-order valence-electron chi connectivity index (χ1n) is 32.1. The van der Waals surface area contributed by atoms with Gasteiger partial charge in [0, 0.05) is 98.3 Å². The Morgan fingerprint density at radius 2 is 1.49 bits per heavy atom. The van der Waals surface area contributed by atoms with Gasteiger partial charge in [0.05, 0.1) is 21.7 Å². The van der Waals surface area contributed by atoms with Crippen molar-refractivity contribution in [2.24, 2.45) is 22.2 Å². The molecule has 6 amide bonds. The fourth-order valence-electron chi connectivity index (χ4n) is 14.8. The van der Waals surface area contributed by atoms with E-state index in [2.05, 4.69) is 56.7 Å². The molecule has 2 bridgehead atoms. The first-order valence-corrected chi connectivity index (χ1v) is 36.1. The molecule has 4 aliphatic carbocycles. The fraction of sp³-hybridized carbons (Fsp3) is 0.522. The Labute approximate surface area is 540 Å². The summed E-state index contributed by atoms with van der Waals surface area (Å²) in [7, 11) is -11.1. The maximum absolute atomic E-state index is 14.5. The summed E-state index contributed by atoms with van der Waals surface area (Å²) in [6.45, 7) is 13.7. The number of piperazine rings is 1. The van der Waals surface area contributed by atoms with Gasteiger partial charge < -0.3 is 25.8 Å². The number of hydrogen-bond acceptors (Lipinski definition) is 16. The van der Waals surface area contributed by atoms with E-state index < -0.39 is 82.5 Å². The van der Waals surface area contributed by atoms with Crippen molar-refractivity contribution in [3.05, 3.63) is 119 Å². The van der Waals surface area contributed by atoms with Crippen molar-refractivity contribution in [3.63, 3.8) is 0 Å². The molecule has 25 heteroatoms. The Balaban J connectivity index is 0.664. The second-order valence-corrected chi connectivity index (χ2v) is 31.6. The third kappa shape index (κ3) is 14.3. The van der Waals surface area contributed by atoms with Gasteiger partial charge in [-0.05, 0) is 173 Å². The maximum Gasteiger partial charge on any atom is 0.501 e. The molecule has 8 aliphatic rings. The second-order valence-electron chi connectivity index (χ2n) is 26.9. The molecule has 4 aliphatic heterocycles. The van der Waals surface area contributed by atoms with Gasteiger partial charge in [-0.15, -0.1) is 11.8 Å². The number of halogens is 3. The molecule has 494 valence electrons. The first-order chi connectivity index (χ1) is 43.8. The van der Waals surface area contributed by atoms with Crippen LogP contribution in [0.3, 0.4) is 0 Å². The van der Waals surface area contributed by atoms with E-state index in [0.29, 0.717) is 92.8 Å². The number of amides is 6. The van der Waals surface area contributed by atoms with Crippen LogP contribution in [-0.2, 0) is 34.2 Å². The highest BCUT2D eigenvalue weighted by Gasteiger charge is 2.68. The highest BCUT2D eigenvalue weighted by atomic mass is 32.2. The number of likely N-dealkylation sites (tertiary alicyclic amines) is 1. The van der Waals surface area contributed by atoms with Crippen molar-refractivity contribution in [1.82, 2.24) is 30.1 Å². The van der Waals surface area contributed by atoms with E-state index in [1.807, 2.05) is 35.1 Å². The van der Waals surface area contributed by atoms with Gasteiger partial charge in [-0.1, -0.05) is 62.6 Å². The smallest absolute Gasteiger partial charge is 0.384 e. The molecule has 3 saturated carbocycles. The summed E-state index contributed by atoms with van der Waals surface area (Å²) in [4.78, 5) is 84.3. The minimum Gasteiger partial charge on any atom is -0.384 e. The number of carbonyl (C=O) groups is 6. The van der Waals surface area contributed by atoms with Gasteiger partial charge in [0.2, 0.25) is 17.7 Å². The lowest BCUT2D eigenvalue weighted by Gasteiger charge is -2.73. The molecule has 4 aromatic carbocycles. The van der Waals surface area contributed by atoms with Crippen molar-refractivity contribution < 1.29 is 58.8 Å². The molecule has 0 aromatic heterocycles. The van der Waals surface area contributed by atoms with E-state index in [-0.39, 0.29) is 47.1 Å². The Hall–Kier alpha value is -6.80. The summed E-state index contributed by atoms with van der Waals surface area (Å²) >= 11 is 1.40. The van der Waals surface area contributed by atoms with Crippen molar-refractivity contribution in [1.29, 1.82) is 0 Å². The van der Waals surface area contributed by atoms with Crippen LogP contribution >= 0.6 is 11.8 Å². The van der Waals surface area contributed by atoms with Gasteiger partial charge in [-0.25, -0.2) is 21.6 Å². The predicted octanol–water partition coefficient (Wildman–Crippen LogP) is 9.39. The van der Waals surface area contributed by atoms with Crippen LogP contribution in [0.1, 0.15) is 142 Å². The minimum absolute atomic E-state index is 0.0120. The van der Waals surface area contributed by atoms with Gasteiger partial charge in [0.15, 0.2) is 0 Å². The van der Waals surface area contributed by atoms with Crippen molar-refractivity contribution in [2.45, 2.75) is 143 Å². The lowest BCUT2D eigenvalue weighted by Crippen LogP contribution is -2.63. The number of thioether (sulfide) groups is 1. The number of carbonyl (C=O) groups excluding carboxylic acids is 6. The van der Waals surface area contributed by atoms with Crippen LogP contribution in [0.2, 0.25) is 0 Å². The van der Waals surface area contributed by atoms with Crippen LogP contribution < -0.4 is 30.9 Å². The molecular formula is C67H82F3N9O10S3. The van der Waals surface area contributed by atoms with Gasteiger partial charge in [0.25, 0.3) is 37.6 Å². The number of fused-ring (bicyclic) bond motifs is 1. The first kappa shape index (κ1) is 66.6. The van der Waals surface area contributed by atoms with Crippen molar-refractivity contribution in [2.75, 3.05) is 86.7 Å². The number of anilines is 3. The summed E-state index contributed by atoms with van der Waals surface area (Å²) in [5, 5.41) is 11.4. The van der Waals surface area contributed by atoms with E-state index in [9.17, 15) is 58.8 Å². The molecule has 4 aromatic rings. The number of alkyl halides is 3. The van der Waals surface area contributed by atoms with E-state index in [1.54, 1.807) is 35.4 Å². The fourth-order valence-corrected chi connectivity index (χ4v) is 17.8. The number of sulfone groups is 1. The predicted molar refractivity (Wildman–Crippen MR) is 345 cm³/mol. The third-order valence-corrected chi connectivity index (χ3v) is 24.1. The number of imide groups is 2. The van der Waals surface area contributed by atoms with Crippen LogP contribution in [-0.4, -0.2) is 156 Å². The van der Waals surface area contributed by atoms with Gasteiger partial charge in [-0.2, -0.15) is 13.2 Å². The summed E-state index contributed by atoms with van der Waals surface area (Å²) in [5.74, 6) is -3.49. The lowest BCUT2D eigenvalue weighted by molar-refractivity contribution is -0.182. The van der Waals surface area contributed by atoms with E-state index in [1.165, 1.54) is 68.5 Å². The molecule has 0 spiro atoms. The molecule has 19 nitrogen and oxygen atoms in total. The van der Waals surface area contributed by atoms with Gasteiger partial charge >= 0.3 is 5.51 Å². The van der Waals surface area contributed by atoms with E-state index in [0.717, 1.165) is 66.8 Å². The number of allylic oxidation sites excluding steroid dienone is 1. The average Bonchev–Trinajstić information content (AvgIpc) is 0.783. The number of sulfonamides is 1. The zero-order chi connectivity index (χ0) is 65.4. The monoisotopic (exact) mass is 1330 g/mol. The molecule has 4 heterocycles. The number of nitrogens with one attached hydrogen (secondary N) is 5. The number of hydrogen-bond donors (Lipinski definition) is 5.